The summed E-state index contributed by atoms with van der Waals surface area (Å²) in [6.45, 7) is 0.286. The van der Waals surface area contributed by atoms with E-state index in [0.29, 0.717) is 29.3 Å². The highest BCUT2D eigenvalue weighted by Gasteiger charge is 2.25. The highest BCUT2D eigenvalue weighted by atomic mass is 16.6. The molecule has 6 nitrogen and oxygen atoms in total. The van der Waals surface area contributed by atoms with Gasteiger partial charge in [0.2, 0.25) is 0 Å². The third-order valence-electron chi connectivity index (χ3n) is 2.55. The van der Waals surface area contributed by atoms with Gasteiger partial charge in [0, 0.05) is 6.42 Å². The Kier molecular flexibility index (Phi) is 2.95. The normalized spacial score (nSPS) is 17.8. The first-order chi connectivity index (χ1) is 8.08. The first kappa shape index (κ1) is 11.4. The Hall–Kier alpha value is -2.11. The van der Waals surface area contributed by atoms with Crippen molar-refractivity contribution >= 4 is 17.3 Å². The average molecular weight is 238 g/mol. The average Bonchev–Trinajstić information content (AvgIpc) is 2.31. The summed E-state index contributed by atoms with van der Waals surface area (Å²) in [5.41, 5.74) is 12.4. The third-order valence-corrected chi connectivity index (χ3v) is 2.55. The summed E-state index contributed by atoms with van der Waals surface area (Å²) < 4.78 is 11.1. The van der Waals surface area contributed by atoms with Crippen LogP contribution in [-0.2, 0) is 4.79 Å². The lowest BCUT2D eigenvalue weighted by Gasteiger charge is -2.27. The summed E-state index contributed by atoms with van der Waals surface area (Å²) >= 11 is 0. The summed E-state index contributed by atoms with van der Waals surface area (Å²) in [7, 11) is 0. The van der Waals surface area contributed by atoms with E-state index in [4.69, 9.17) is 26.0 Å². The van der Waals surface area contributed by atoms with E-state index in [9.17, 15) is 4.79 Å². The fourth-order valence-corrected chi connectivity index (χ4v) is 1.67. The molecule has 5 N–H and O–H groups in total. The van der Waals surface area contributed by atoms with Crippen LogP contribution in [-0.4, -0.2) is 23.8 Å². The van der Waals surface area contributed by atoms with Gasteiger partial charge in [-0.25, -0.2) is 0 Å². The third kappa shape index (κ3) is 2.35. The van der Waals surface area contributed by atoms with Gasteiger partial charge in [0.25, 0.3) is 0 Å². The molecule has 92 valence electrons. The zero-order valence-corrected chi connectivity index (χ0v) is 9.18. The van der Waals surface area contributed by atoms with Gasteiger partial charge in [-0.15, -0.1) is 0 Å². The number of ether oxygens (including phenoxy) is 2. The van der Waals surface area contributed by atoms with E-state index in [-0.39, 0.29) is 19.1 Å². The van der Waals surface area contributed by atoms with E-state index in [2.05, 4.69) is 0 Å². The van der Waals surface area contributed by atoms with Crippen LogP contribution in [0.15, 0.2) is 12.1 Å². The molecule has 1 aliphatic rings. The van der Waals surface area contributed by atoms with Gasteiger partial charge in [0.05, 0.1) is 11.4 Å². The Morgan fingerprint density at radius 3 is 2.65 bits per heavy atom. The number of aliphatic carboxylic acids is 1. The number of carboxylic acid groups (broad SMARTS) is 1. The van der Waals surface area contributed by atoms with E-state index < -0.39 is 5.97 Å². The largest absolute Gasteiger partial charge is 0.484 e. The Labute approximate surface area is 98.1 Å². The molecule has 0 unspecified atom stereocenters. The molecule has 0 spiro atoms. The highest BCUT2D eigenvalue weighted by Crippen LogP contribution is 2.42. The lowest BCUT2D eigenvalue weighted by atomic mass is 10.1. The number of rotatable bonds is 3. The summed E-state index contributed by atoms with van der Waals surface area (Å²) in [5, 5.41) is 8.60. The number of nitrogen functional groups attached to an aromatic ring is 2. The van der Waals surface area contributed by atoms with Crippen LogP contribution in [0, 0.1) is 0 Å². The van der Waals surface area contributed by atoms with Gasteiger partial charge in [0.15, 0.2) is 11.5 Å². The van der Waals surface area contributed by atoms with Crippen molar-refractivity contribution in [1.29, 1.82) is 0 Å². The van der Waals surface area contributed by atoms with E-state index in [1.807, 2.05) is 0 Å². The second-order valence-electron chi connectivity index (χ2n) is 3.89. The van der Waals surface area contributed by atoms with Crippen LogP contribution in [0.1, 0.15) is 12.8 Å². The standard InChI is InChI=1S/C11H14N2O4/c12-7-2-3-8(13)11-10(7)16-5-6(17-11)1-4-9(14)15/h2-3,6H,1,4-5,12-13H2,(H,14,15)/t6-/m0/s1. The van der Waals surface area contributed by atoms with E-state index >= 15 is 0 Å². The zero-order valence-electron chi connectivity index (χ0n) is 9.18. The van der Waals surface area contributed by atoms with Crippen molar-refractivity contribution in [3.05, 3.63) is 12.1 Å². The van der Waals surface area contributed by atoms with Gasteiger partial charge in [-0.2, -0.15) is 0 Å². The second-order valence-corrected chi connectivity index (χ2v) is 3.89. The topological polar surface area (TPSA) is 108 Å². The number of fused-ring (bicyclic) bond motifs is 1. The molecule has 0 aliphatic carbocycles. The minimum atomic E-state index is -0.861. The molecule has 0 fully saturated rings. The Morgan fingerprint density at radius 2 is 2.00 bits per heavy atom. The van der Waals surface area contributed by atoms with Crippen LogP contribution in [0.25, 0.3) is 0 Å². The molecule has 2 rings (SSSR count). The minimum Gasteiger partial charge on any atom is -0.484 e. The summed E-state index contributed by atoms with van der Waals surface area (Å²) in [5.74, 6) is -0.0110. The minimum absolute atomic E-state index is 0.0333. The van der Waals surface area contributed by atoms with Gasteiger partial charge < -0.3 is 26.0 Å². The number of carboxylic acids is 1. The Morgan fingerprint density at radius 1 is 1.35 bits per heavy atom. The molecule has 1 atom stereocenters. The van der Waals surface area contributed by atoms with Crippen molar-refractivity contribution in [1.82, 2.24) is 0 Å². The lowest BCUT2D eigenvalue weighted by molar-refractivity contribution is -0.137. The van der Waals surface area contributed by atoms with Crippen molar-refractivity contribution < 1.29 is 19.4 Å². The van der Waals surface area contributed by atoms with Crippen LogP contribution in [0.2, 0.25) is 0 Å². The zero-order chi connectivity index (χ0) is 12.4. The molecule has 1 aromatic rings. The number of nitrogens with two attached hydrogens (primary N) is 2. The highest BCUT2D eigenvalue weighted by molar-refractivity contribution is 5.71. The van der Waals surface area contributed by atoms with Gasteiger partial charge >= 0.3 is 5.97 Å². The van der Waals surface area contributed by atoms with E-state index in [1.54, 1.807) is 12.1 Å². The van der Waals surface area contributed by atoms with Crippen LogP contribution in [0.3, 0.4) is 0 Å². The lowest BCUT2D eigenvalue weighted by Crippen LogP contribution is -2.30. The maximum absolute atomic E-state index is 10.5. The first-order valence-corrected chi connectivity index (χ1v) is 5.27. The molecular formula is C11H14N2O4. The number of hydrogen-bond donors (Lipinski definition) is 3. The number of hydrogen-bond acceptors (Lipinski definition) is 5. The molecule has 0 bridgehead atoms. The van der Waals surface area contributed by atoms with Crippen molar-refractivity contribution in [2.75, 3.05) is 18.1 Å². The molecule has 0 aromatic heterocycles. The van der Waals surface area contributed by atoms with E-state index in [1.165, 1.54) is 0 Å². The summed E-state index contributed by atoms with van der Waals surface area (Å²) in [6, 6.07) is 3.28. The van der Waals surface area contributed by atoms with Crippen LogP contribution < -0.4 is 20.9 Å². The van der Waals surface area contributed by atoms with Crippen LogP contribution in [0.5, 0.6) is 11.5 Å². The maximum Gasteiger partial charge on any atom is 0.303 e. The van der Waals surface area contributed by atoms with Crippen molar-refractivity contribution in [2.24, 2.45) is 0 Å². The molecule has 1 aromatic carbocycles. The molecule has 1 aliphatic heterocycles. The molecule has 6 heteroatoms. The smallest absolute Gasteiger partial charge is 0.303 e. The maximum atomic E-state index is 10.5. The number of anilines is 2. The molecule has 1 heterocycles. The second kappa shape index (κ2) is 4.40. The predicted molar refractivity (Wildman–Crippen MR) is 62.0 cm³/mol. The van der Waals surface area contributed by atoms with Gasteiger partial charge in [-0.3, -0.25) is 4.79 Å². The predicted octanol–water partition coefficient (Wildman–Crippen LogP) is 0.856. The monoisotopic (exact) mass is 238 g/mol. The summed E-state index contributed by atoms with van der Waals surface area (Å²) in [4.78, 5) is 10.5. The van der Waals surface area contributed by atoms with Crippen LogP contribution in [0.4, 0.5) is 11.4 Å². The molecule has 0 saturated heterocycles. The van der Waals surface area contributed by atoms with Crippen molar-refractivity contribution in [3.8, 4) is 11.5 Å². The van der Waals surface area contributed by atoms with E-state index in [0.717, 1.165) is 0 Å². The molecule has 0 amide bonds. The fraction of sp³-hybridized carbons (Fsp3) is 0.364. The summed E-state index contributed by atoms with van der Waals surface area (Å²) in [6.07, 6.45) is 0.108. The quantitative estimate of drug-likeness (QED) is 0.674. The Balaban J connectivity index is 2.13. The van der Waals surface area contributed by atoms with Gasteiger partial charge in [-0.1, -0.05) is 0 Å². The van der Waals surface area contributed by atoms with Crippen LogP contribution >= 0.6 is 0 Å². The SMILES string of the molecule is Nc1ccc(N)c2c1OC[C@H](CCC(=O)O)O2. The van der Waals surface area contributed by atoms with Crippen molar-refractivity contribution in [3.63, 3.8) is 0 Å². The Bertz CT molecular complexity index is 447. The molecular weight excluding hydrogens is 224 g/mol. The van der Waals surface area contributed by atoms with Crippen molar-refractivity contribution in [2.45, 2.75) is 18.9 Å². The molecule has 0 radical (unpaired) electrons. The number of benzene rings is 1. The molecule has 0 saturated carbocycles. The molecule has 17 heavy (non-hydrogen) atoms. The van der Waals surface area contributed by atoms with Gasteiger partial charge in [-0.05, 0) is 18.6 Å². The number of carbonyl (C=O) groups is 1. The first-order valence-electron chi connectivity index (χ1n) is 5.27. The van der Waals surface area contributed by atoms with Gasteiger partial charge in [0.1, 0.15) is 12.7 Å². The fourth-order valence-electron chi connectivity index (χ4n) is 1.67.